The van der Waals surface area contributed by atoms with Crippen molar-refractivity contribution in [3.8, 4) is 5.75 Å². The molecule has 0 spiro atoms. The van der Waals surface area contributed by atoms with Crippen molar-refractivity contribution in [1.29, 1.82) is 0 Å². The number of benzene rings is 1. The summed E-state index contributed by atoms with van der Waals surface area (Å²) in [6, 6.07) is 8.63. The van der Waals surface area contributed by atoms with Crippen molar-refractivity contribution in [1.82, 2.24) is 5.32 Å². The first-order valence-electron chi connectivity index (χ1n) is 6.70. The zero-order valence-corrected chi connectivity index (χ0v) is 12.0. The number of aliphatic carboxylic acids is 1. The zero-order chi connectivity index (χ0) is 15.1. The topological polar surface area (TPSA) is 75.6 Å². The van der Waals surface area contributed by atoms with E-state index in [1.165, 1.54) is 0 Å². The third kappa shape index (κ3) is 4.57. The number of ether oxygens (including phenoxy) is 1. The Hall–Kier alpha value is -2.04. The molecule has 3 atom stereocenters. The van der Waals surface area contributed by atoms with E-state index < -0.39 is 24.0 Å². The van der Waals surface area contributed by atoms with Gasteiger partial charge in [0.25, 0.3) is 5.91 Å². The second-order valence-corrected chi connectivity index (χ2v) is 4.75. The highest BCUT2D eigenvalue weighted by Gasteiger charge is 2.25. The van der Waals surface area contributed by atoms with E-state index in [0.29, 0.717) is 12.2 Å². The van der Waals surface area contributed by atoms with Gasteiger partial charge in [0.15, 0.2) is 6.10 Å². The van der Waals surface area contributed by atoms with Crippen LogP contribution in [0.3, 0.4) is 0 Å². The van der Waals surface area contributed by atoms with Crippen LogP contribution in [0.4, 0.5) is 0 Å². The third-order valence-corrected chi connectivity index (χ3v) is 3.19. The minimum Gasteiger partial charge on any atom is -0.481 e. The van der Waals surface area contributed by atoms with E-state index in [1.54, 1.807) is 26.0 Å². The Bertz CT molecular complexity index is 446. The molecule has 0 aromatic heterocycles. The lowest BCUT2D eigenvalue weighted by atomic mass is 10.0. The van der Waals surface area contributed by atoms with Crippen LogP contribution < -0.4 is 10.1 Å². The molecule has 0 radical (unpaired) electrons. The van der Waals surface area contributed by atoms with Gasteiger partial charge >= 0.3 is 5.97 Å². The van der Waals surface area contributed by atoms with Gasteiger partial charge in [-0.05, 0) is 32.4 Å². The number of carbonyl (C=O) groups is 2. The third-order valence-electron chi connectivity index (χ3n) is 3.19. The van der Waals surface area contributed by atoms with Gasteiger partial charge in [-0.3, -0.25) is 9.59 Å². The molecule has 5 nitrogen and oxygen atoms in total. The molecule has 3 unspecified atom stereocenters. The largest absolute Gasteiger partial charge is 0.481 e. The van der Waals surface area contributed by atoms with Crippen LogP contribution in [0.2, 0.25) is 0 Å². The molecule has 2 N–H and O–H groups in total. The Kier molecular flexibility index (Phi) is 6.03. The second kappa shape index (κ2) is 7.53. The molecule has 20 heavy (non-hydrogen) atoms. The van der Waals surface area contributed by atoms with Crippen LogP contribution in [0.5, 0.6) is 5.75 Å². The normalized spacial score (nSPS) is 14.9. The second-order valence-electron chi connectivity index (χ2n) is 4.75. The Labute approximate surface area is 118 Å². The molecule has 0 saturated heterocycles. The smallest absolute Gasteiger partial charge is 0.308 e. The number of amides is 1. The van der Waals surface area contributed by atoms with Gasteiger partial charge < -0.3 is 15.2 Å². The summed E-state index contributed by atoms with van der Waals surface area (Å²) < 4.78 is 5.61. The van der Waals surface area contributed by atoms with Crippen molar-refractivity contribution in [2.75, 3.05) is 0 Å². The first kappa shape index (κ1) is 16.0. The van der Waals surface area contributed by atoms with E-state index in [1.807, 2.05) is 25.1 Å². The van der Waals surface area contributed by atoms with E-state index in [0.717, 1.165) is 0 Å². The molecule has 0 bridgehead atoms. The van der Waals surface area contributed by atoms with Crippen molar-refractivity contribution in [3.63, 3.8) is 0 Å². The summed E-state index contributed by atoms with van der Waals surface area (Å²) in [7, 11) is 0. The molecule has 0 heterocycles. The number of para-hydroxylation sites is 1. The number of carbonyl (C=O) groups excluding carboxylic acids is 1. The maximum absolute atomic E-state index is 12.1. The number of carboxylic acid groups (broad SMARTS) is 1. The van der Waals surface area contributed by atoms with Crippen LogP contribution in [-0.4, -0.2) is 29.1 Å². The lowest BCUT2D eigenvalue weighted by Crippen LogP contribution is -2.46. The highest BCUT2D eigenvalue weighted by Crippen LogP contribution is 2.13. The summed E-state index contributed by atoms with van der Waals surface area (Å²) in [5, 5.41) is 11.6. The molecule has 1 amide bonds. The van der Waals surface area contributed by atoms with Gasteiger partial charge in [0.2, 0.25) is 0 Å². The molecule has 0 fully saturated rings. The van der Waals surface area contributed by atoms with Gasteiger partial charge in [0, 0.05) is 6.04 Å². The van der Waals surface area contributed by atoms with Crippen molar-refractivity contribution < 1.29 is 19.4 Å². The minimum absolute atomic E-state index is 0.294. The quantitative estimate of drug-likeness (QED) is 0.801. The molecular formula is C15H21NO4. The first-order chi connectivity index (χ1) is 9.45. The van der Waals surface area contributed by atoms with Crippen molar-refractivity contribution >= 4 is 11.9 Å². The summed E-state index contributed by atoms with van der Waals surface area (Å²) in [5.74, 6) is -1.26. The Balaban J connectivity index is 2.61. The van der Waals surface area contributed by atoms with E-state index in [9.17, 15) is 9.59 Å². The number of carboxylic acids is 1. The number of hydrogen-bond acceptors (Lipinski definition) is 3. The van der Waals surface area contributed by atoms with Crippen LogP contribution in [0, 0.1) is 5.92 Å². The fourth-order valence-electron chi connectivity index (χ4n) is 1.64. The van der Waals surface area contributed by atoms with E-state index >= 15 is 0 Å². The predicted octanol–water partition coefficient (Wildman–Crippen LogP) is 2.07. The maximum Gasteiger partial charge on any atom is 0.308 e. The molecule has 0 aliphatic rings. The fourth-order valence-corrected chi connectivity index (χ4v) is 1.64. The number of rotatable bonds is 7. The van der Waals surface area contributed by atoms with E-state index in [-0.39, 0.29) is 5.91 Å². The summed E-state index contributed by atoms with van der Waals surface area (Å²) in [4.78, 5) is 23.0. The van der Waals surface area contributed by atoms with Crippen molar-refractivity contribution in [3.05, 3.63) is 30.3 Å². The minimum atomic E-state index is -0.935. The van der Waals surface area contributed by atoms with Crippen molar-refractivity contribution in [2.24, 2.45) is 5.92 Å². The van der Waals surface area contributed by atoms with Gasteiger partial charge in [0.05, 0.1) is 5.92 Å². The van der Waals surface area contributed by atoms with Crippen LogP contribution in [0.15, 0.2) is 30.3 Å². The highest BCUT2D eigenvalue weighted by atomic mass is 16.5. The summed E-state index contributed by atoms with van der Waals surface area (Å²) in [5.41, 5.74) is 0. The Morgan fingerprint density at radius 1 is 1.25 bits per heavy atom. The van der Waals surface area contributed by atoms with Gasteiger partial charge in [-0.15, -0.1) is 0 Å². The maximum atomic E-state index is 12.1. The lowest BCUT2D eigenvalue weighted by Gasteiger charge is -2.22. The molecule has 110 valence electrons. The average Bonchev–Trinajstić information content (AvgIpc) is 2.44. The van der Waals surface area contributed by atoms with Crippen molar-refractivity contribution in [2.45, 2.75) is 39.3 Å². The molecule has 1 aromatic rings. The Morgan fingerprint density at radius 2 is 1.85 bits per heavy atom. The summed E-state index contributed by atoms with van der Waals surface area (Å²) in [6.07, 6.45) is -0.115. The molecule has 1 rings (SSSR count). The van der Waals surface area contributed by atoms with Crippen LogP contribution in [0.1, 0.15) is 27.2 Å². The molecule has 0 saturated carbocycles. The van der Waals surface area contributed by atoms with Crippen LogP contribution in [0.25, 0.3) is 0 Å². The molecule has 0 aliphatic heterocycles. The first-order valence-corrected chi connectivity index (χ1v) is 6.70. The number of hydrogen-bond donors (Lipinski definition) is 2. The van der Waals surface area contributed by atoms with Crippen LogP contribution in [-0.2, 0) is 9.59 Å². The van der Waals surface area contributed by atoms with E-state index in [2.05, 4.69) is 5.32 Å². The average molecular weight is 279 g/mol. The fraction of sp³-hybridized carbons (Fsp3) is 0.467. The standard InChI is InChI=1S/C15H21NO4/c1-4-13(20-12-8-6-5-7-9-12)14(17)16-11(3)10(2)15(18)19/h5-11,13H,4H2,1-3H3,(H,16,17)(H,18,19). The Morgan fingerprint density at radius 3 is 2.35 bits per heavy atom. The monoisotopic (exact) mass is 279 g/mol. The SMILES string of the molecule is CCC(Oc1ccccc1)C(=O)NC(C)C(C)C(=O)O. The zero-order valence-electron chi connectivity index (χ0n) is 12.0. The van der Waals surface area contributed by atoms with Gasteiger partial charge in [-0.2, -0.15) is 0 Å². The summed E-state index contributed by atoms with van der Waals surface area (Å²) in [6.45, 7) is 5.08. The number of nitrogens with one attached hydrogen (secondary N) is 1. The van der Waals surface area contributed by atoms with Gasteiger partial charge in [-0.25, -0.2) is 0 Å². The van der Waals surface area contributed by atoms with Crippen LogP contribution >= 0.6 is 0 Å². The highest BCUT2D eigenvalue weighted by molar-refractivity contribution is 5.82. The van der Waals surface area contributed by atoms with E-state index in [4.69, 9.17) is 9.84 Å². The van der Waals surface area contributed by atoms with Gasteiger partial charge in [-0.1, -0.05) is 25.1 Å². The predicted molar refractivity (Wildman–Crippen MR) is 75.6 cm³/mol. The summed E-state index contributed by atoms with van der Waals surface area (Å²) >= 11 is 0. The molecular weight excluding hydrogens is 258 g/mol. The molecule has 5 heteroatoms. The molecule has 0 aliphatic carbocycles. The van der Waals surface area contributed by atoms with Gasteiger partial charge in [0.1, 0.15) is 5.75 Å². The molecule has 1 aromatic carbocycles. The lowest BCUT2D eigenvalue weighted by molar-refractivity contribution is -0.142.